The van der Waals surface area contributed by atoms with E-state index in [4.69, 9.17) is 16.6 Å². The normalized spacial score (nSPS) is 15.5. The summed E-state index contributed by atoms with van der Waals surface area (Å²) >= 11 is 5.96. The van der Waals surface area contributed by atoms with Crippen LogP contribution < -0.4 is 10.2 Å². The van der Waals surface area contributed by atoms with Crippen molar-refractivity contribution in [1.82, 2.24) is 14.9 Å². The monoisotopic (exact) mass is 397 g/mol. The van der Waals surface area contributed by atoms with E-state index in [-0.39, 0.29) is 5.91 Å². The van der Waals surface area contributed by atoms with E-state index < -0.39 is 0 Å². The van der Waals surface area contributed by atoms with E-state index in [0.29, 0.717) is 11.4 Å². The molecule has 2 N–H and O–H groups in total. The highest BCUT2D eigenvalue weighted by molar-refractivity contribution is 6.30. The van der Waals surface area contributed by atoms with E-state index in [9.17, 15) is 4.79 Å². The van der Waals surface area contributed by atoms with Crippen molar-refractivity contribution in [3.05, 3.63) is 53.6 Å². The topological polar surface area (TPSA) is 64.3 Å². The molecule has 7 heteroatoms. The van der Waals surface area contributed by atoms with Crippen molar-refractivity contribution >= 4 is 40.2 Å². The largest absolute Gasteiger partial charge is 0.341 e. The van der Waals surface area contributed by atoms with E-state index in [1.807, 2.05) is 30.3 Å². The Bertz CT molecular complexity index is 924. The quantitative estimate of drug-likeness (QED) is 0.688. The van der Waals surface area contributed by atoms with Gasteiger partial charge in [-0.3, -0.25) is 4.79 Å². The zero-order valence-electron chi connectivity index (χ0n) is 15.7. The van der Waals surface area contributed by atoms with Crippen molar-refractivity contribution in [3.63, 3.8) is 0 Å². The molecule has 0 radical (unpaired) electrons. The Labute approximate surface area is 169 Å². The molecule has 28 heavy (non-hydrogen) atoms. The number of benzene rings is 2. The van der Waals surface area contributed by atoms with Crippen LogP contribution >= 0.6 is 11.6 Å². The van der Waals surface area contributed by atoms with Gasteiger partial charge in [0.2, 0.25) is 11.9 Å². The number of nitrogens with zero attached hydrogens (tertiary/aromatic N) is 3. The molecular weight excluding hydrogens is 374 g/mol. The summed E-state index contributed by atoms with van der Waals surface area (Å²) in [5, 5.41) is 3.53. The lowest BCUT2D eigenvalue weighted by molar-refractivity contribution is -0.116. The molecule has 6 nitrogen and oxygen atoms in total. The molecule has 1 aromatic heterocycles. The van der Waals surface area contributed by atoms with Crippen molar-refractivity contribution in [1.29, 1.82) is 0 Å². The van der Waals surface area contributed by atoms with Crippen LogP contribution in [0.4, 0.5) is 11.6 Å². The highest BCUT2D eigenvalue weighted by Crippen LogP contribution is 2.19. The van der Waals surface area contributed by atoms with Gasteiger partial charge in [-0.25, -0.2) is 4.98 Å². The van der Waals surface area contributed by atoms with Crippen LogP contribution in [0.3, 0.4) is 0 Å². The number of hydrogen-bond donors (Lipinski definition) is 2. The van der Waals surface area contributed by atoms with Gasteiger partial charge in [0.15, 0.2) is 0 Å². The fraction of sp³-hybridized carbons (Fsp3) is 0.333. The minimum Gasteiger partial charge on any atom is -0.341 e. The number of amides is 1. The minimum absolute atomic E-state index is 0.0145. The summed E-state index contributed by atoms with van der Waals surface area (Å²) in [4.78, 5) is 25.0. The molecule has 2 heterocycles. The lowest BCUT2D eigenvalue weighted by Gasteiger charge is -2.21. The maximum absolute atomic E-state index is 12.2. The molecule has 1 aliphatic rings. The number of aromatic nitrogens is 2. The maximum Gasteiger partial charge on any atom is 0.225 e. The van der Waals surface area contributed by atoms with Gasteiger partial charge in [0.05, 0.1) is 11.0 Å². The Hall–Kier alpha value is -2.57. The summed E-state index contributed by atoms with van der Waals surface area (Å²) in [6.45, 7) is 4.52. The second-order valence-corrected chi connectivity index (χ2v) is 7.50. The number of nitrogens with one attached hydrogen (secondary N) is 2. The number of para-hydroxylation sites is 2. The van der Waals surface area contributed by atoms with Crippen LogP contribution in [0.2, 0.25) is 5.02 Å². The number of aromatic amines is 1. The fourth-order valence-electron chi connectivity index (χ4n) is 3.54. The van der Waals surface area contributed by atoms with Crippen LogP contribution in [-0.2, 0) is 4.79 Å². The molecule has 0 bridgehead atoms. The van der Waals surface area contributed by atoms with Crippen LogP contribution in [0, 0.1) is 0 Å². The molecule has 0 aliphatic carbocycles. The summed E-state index contributed by atoms with van der Waals surface area (Å²) in [7, 11) is 0. The average Bonchev–Trinajstić information content (AvgIpc) is 2.97. The highest BCUT2D eigenvalue weighted by atomic mass is 35.5. The van der Waals surface area contributed by atoms with Crippen LogP contribution in [0.25, 0.3) is 11.0 Å². The van der Waals surface area contributed by atoms with Crippen LogP contribution in [0.5, 0.6) is 0 Å². The molecule has 0 saturated carbocycles. The van der Waals surface area contributed by atoms with Gasteiger partial charge >= 0.3 is 0 Å². The summed E-state index contributed by atoms with van der Waals surface area (Å²) in [5.41, 5.74) is 2.80. The number of fused-ring (bicyclic) bond motifs is 1. The molecule has 1 aliphatic heterocycles. The zero-order valence-corrected chi connectivity index (χ0v) is 16.5. The smallest absolute Gasteiger partial charge is 0.225 e. The van der Waals surface area contributed by atoms with Gasteiger partial charge in [0.25, 0.3) is 0 Å². The Kier molecular flexibility index (Phi) is 5.78. The summed E-state index contributed by atoms with van der Waals surface area (Å²) < 4.78 is 0. The molecule has 0 spiro atoms. The van der Waals surface area contributed by atoms with E-state index >= 15 is 0 Å². The van der Waals surface area contributed by atoms with E-state index in [1.54, 1.807) is 12.1 Å². The summed E-state index contributed by atoms with van der Waals surface area (Å²) in [6.07, 6.45) is 1.52. The lowest BCUT2D eigenvalue weighted by Crippen LogP contribution is -2.33. The van der Waals surface area contributed by atoms with Gasteiger partial charge < -0.3 is 20.1 Å². The molecule has 0 unspecified atom stereocenters. The van der Waals surface area contributed by atoms with E-state index in [1.165, 1.54) is 0 Å². The van der Waals surface area contributed by atoms with Crippen LogP contribution in [0.15, 0.2) is 48.5 Å². The molecular formula is C21H24ClN5O. The number of anilines is 2. The molecule has 1 fully saturated rings. The number of H-pyrrole nitrogens is 1. The lowest BCUT2D eigenvalue weighted by atomic mass is 10.3. The molecule has 1 amide bonds. The minimum atomic E-state index is 0.0145. The van der Waals surface area contributed by atoms with Gasteiger partial charge in [-0.1, -0.05) is 29.8 Å². The Morgan fingerprint density at radius 1 is 1.11 bits per heavy atom. The summed E-state index contributed by atoms with van der Waals surface area (Å²) in [6, 6.07) is 15.3. The fourth-order valence-corrected chi connectivity index (χ4v) is 3.74. The highest BCUT2D eigenvalue weighted by Gasteiger charge is 2.18. The van der Waals surface area contributed by atoms with Crippen molar-refractivity contribution in [2.24, 2.45) is 0 Å². The number of rotatable bonds is 5. The molecule has 4 rings (SSSR count). The van der Waals surface area contributed by atoms with E-state index in [0.717, 1.165) is 61.8 Å². The molecule has 1 saturated heterocycles. The summed E-state index contributed by atoms with van der Waals surface area (Å²) in [5.74, 6) is 0.947. The van der Waals surface area contributed by atoms with Gasteiger partial charge in [-0.2, -0.15) is 0 Å². The van der Waals surface area contributed by atoms with Crippen molar-refractivity contribution in [2.75, 3.05) is 42.9 Å². The first-order chi connectivity index (χ1) is 13.7. The number of hydrogen-bond acceptors (Lipinski definition) is 4. The van der Waals surface area contributed by atoms with Crippen LogP contribution in [0.1, 0.15) is 12.8 Å². The molecule has 146 valence electrons. The maximum atomic E-state index is 12.2. The molecule has 3 aromatic rings. The molecule has 2 aromatic carbocycles. The Balaban J connectivity index is 1.28. The standard InChI is InChI=1S/C21H24ClN5O/c22-16-5-3-6-17(15-16)23-20(28)9-12-26-10-4-11-27(14-13-26)21-24-18-7-1-2-8-19(18)25-21/h1-3,5-8,15H,4,9-14H2,(H,23,28)(H,24,25). The second kappa shape index (κ2) is 8.63. The first-order valence-corrected chi connectivity index (χ1v) is 10.0. The first-order valence-electron chi connectivity index (χ1n) is 9.65. The first kappa shape index (κ1) is 18.8. The van der Waals surface area contributed by atoms with Gasteiger partial charge in [0, 0.05) is 43.3 Å². The van der Waals surface area contributed by atoms with E-state index in [2.05, 4.69) is 26.2 Å². The third-order valence-corrected chi connectivity index (χ3v) is 5.26. The number of halogens is 1. The zero-order chi connectivity index (χ0) is 19.3. The van der Waals surface area contributed by atoms with Gasteiger partial charge in [0.1, 0.15) is 0 Å². The predicted octanol–water partition coefficient (Wildman–Crippen LogP) is 3.76. The van der Waals surface area contributed by atoms with Crippen molar-refractivity contribution in [3.8, 4) is 0 Å². The Morgan fingerprint density at radius 3 is 2.86 bits per heavy atom. The SMILES string of the molecule is O=C(CCN1CCCN(c2nc3ccccc3[nH]2)CC1)Nc1cccc(Cl)c1. The number of imidazole rings is 1. The third-order valence-electron chi connectivity index (χ3n) is 5.03. The second-order valence-electron chi connectivity index (χ2n) is 7.07. The Morgan fingerprint density at radius 2 is 2.00 bits per heavy atom. The average molecular weight is 398 g/mol. The molecule has 0 atom stereocenters. The predicted molar refractivity (Wildman–Crippen MR) is 114 cm³/mol. The van der Waals surface area contributed by atoms with Crippen LogP contribution in [-0.4, -0.2) is 53.5 Å². The number of carbonyl (C=O) groups excluding carboxylic acids is 1. The third kappa shape index (κ3) is 4.64. The van der Waals surface area contributed by atoms with Crippen molar-refractivity contribution in [2.45, 2.75) is 12.8 Å². The van der Waals surface area contributed by atoms with Gasteiger partial charge in [-0.05, 0) is 43.3 Å². The van der Waals surface area contributed by atoms with Gasteiger partial charge in [-0.15, -0.1) is 0 Å². The van der Waals surface area contributed by atoms with Crippen molar-refractivity contribution < 1.29 is 4.79 Å². The number of carbonyl (C=O) groups is 1.